The number of rotatable bonds is 2. The van der Waals surface area contributed by atoms with Crippen LogP contribution in [-0.4, -0.2) is 53.0 Å². The molecule has 2 aliphatic rings. The van der Waals surface area contributed by atoms with Gasteiger partial charge < -0.3 is 15.5 Å². The zero-order valence-corrected chi connectivity index (χ0v) is 13.9. The first-order valence-corrected chi connectivity index (χ1v) is 8.53. The molecule has 0 aromatic carbocycles. The largest absolute Gasteiger partial charge is 0.419 e. The van der Waals surface area contributed by atoms with Crippen molar-refractivity contribution in [2.75, 3.05) is 31.1 Å². The maximum Gasteiger partial charge on any atom is 0.419 e. The molecule has 2 heterocycles. The summed E-state index contributed by atoms with van der Waals surface area (Å²) in [6.45, 7) is 2.07. The molecule has 1 aliphatic carbocycles. The second-order valence-electron chi connectivity index (χ2n) is 6.71. The van der Waals surface area contributed by atoms with Gasteiger partial charge in [-0.15, -0.1) is 0 Å². The van der Waals surface area contributed by atoms with E-state index in [2.05, 4.69) is 9.97 Å². The number of nitrogens with two attached hydrogens (primary N) is 1. The van der Waals surface area contributed by atoms with Crippen molar-refractivity contribution in [3.05, 3.63) is 18.0 Å². The fourth-order valence-electron chi connectivity index (χ4n) is 3.47. The summed E-state index contributed by atoms with van der Waals surface area (Å²) < 4.78 is 37.7. The molecule has 9 heteroatoms. The SMILES string of the molecule is N[C@H]1CCC[C@@H](C(=O)N2CCN(c3ncc(C(F)(F)F)cn3)CC2)C1. The van der Waals surface area contributed by atoms with E-state index in [1.807, 2.05) is 4.90 Å². The molecule has 1 aromatic rings. The molecule has 0 radical (unpaired) electrons. The number of alkyl halides is 3. The van der Waals surface area contributed by atoms with Gasteiger partial charge in [-0.25, -0.2) is 9.97 Å². The minimum atomic E-state index is -4.44. The van der Waals surface area contributed by atoms with Crippen LogP contribution in [0, 0.1) is 5.92 Å². The van der Waals surface area contributed by atoms with E-state index in [1.165, 1.54) is 0 Å². The average Bonchev–Trinajstić information content (AvgIpc) is 2.61. The molecule has 0 spiro atoms. The fraction of sp³-hybridized carbons (Fsp3) is 0.688. The van der Waals surface area contributed by atoms with Crippen LogP contribution in [0.25, 0.3) is 0 Å². The third kappa shape index (κ3) is 4.20. The molecule has 6 nitrogen and oxygen atoms in total. The number of carbonyl (C=O) groups is 1. The van der Waals surface area contributed by atoms with Gasteiger partial charge in [0.2, 0.25) is 11.9 Å². The van der Waals surface area contributed by atoms with E-state index >= 15 is 0 Å². The van der Waals surface area contributed by atoms with E-state index < -0.39 is 11.7 Å². The Kier molecular flexibility index (Phi) is 5.12. The highest BCUT2D eigenvalue weighted by atomic mass is 19.4. The molecular weight excluding hydrogens is 335 g/mol. The summed E-state index contributed by atoms with van der Waals surface area (Å²) in [4.78, 5) is 23.8. The molecule has 1 aliphatic heterocycles. The standard InChI is InChI=1S/C16H22F3N5O/c17-16(18,19)12-9-21-15(22-10-12)24-6-4-23(5-7-24)14(25)11-2-1-3-13(20)8-11/h9-11,13H,1-8,20H2/t11-,13+/m1/s1. The summed E-state index contributed by atoms with van der Waals surface area (Å²) in [5.41, 5.74) is 5.10. The molecule has 2 N–H and O–H groups in total. The van der Waals surface area contributed by atoms with E-state index in [-0.39, 0.29) is 23.8 Å². The number of carbonyl (C=O) groups excluding carboxylic acids is 1. The maximum absolute atomic E-state index is 12.6. The Morgan fingerprint density at radius 2 is 1.76 bits per heavy atom. The number of nitrogens with zero attached hydrogens (tertiary/aromatic N) is 4. The van der Waals surface area contributed by atoms with E-state index in [1.54, 1.807) is 4.90 Å². The van der Waals surface area contributed by atoms with Crippen molar-refractivity contribution in [3.8, 4) is 0 Å². The van der Waals surface area contributed by atoms with Gasteiger partial charge in [-0.1, -0.05) is 6.42 Å². The van der Waals surface area contributed by atoms with Crippen LogP contribution in [-0.2, 0) is 11.0 Å². The highest BCUT2D eigenvalue weighted by molar-refractivity contribution is 5.79. The summed E-state index contributed by atoms with van der Waals surface area (Å²) in [6.07, 6.45) is 0.729. The van der Waals surface area contributed by atoms with Crippen molar-refractivity contribution in [2.45, 2.75) is 37.9 Å². The van der Waals surface area contributed by atoms with Gasteiger partial charge >= 0.3 is 6.18 Å². The highest BCUT2D eigenvalue weighted by Gasteiger charge is 2.33. The Labute approximate surface area is 144 Å². The lowest BCUT2D eigenvalue weighted by molar-refractivity contribution is -0.138. The second-order valence-corrected chi connectivity index (χ2v) is 6.71. The molecule has 0 bridgehead atoms. The van der Waals surface area contributed by atoms with E-state index in [0.29, 0.717) is 26.2 Å². The molecule has 1 amide bonds. The average molecular weight is 357 g/mol. The normalized spacial score (nSPS) is 25.1. The molecule has 1 saturated carbocycles. The number of hydrogen-bond donors (Lipinski definition) is 1. The summed E-state index contributed by atoms with van der Waals surface area (Å²) in [6, 6.07) is 0.101. The van der Waals surface area contributed by atoms with Crippen molar-refractivity contribution >= 4 is 11.9 Å². The lowest BCUT2D eigenvalue weighted by Crippen LogP contribution is -2.51. The van der Waals surface area contributed by atoms with Crippen molar-refractivity contribution < 1.29 is 18.0 Å². The number of anilines is 1. The van der Waals surface area contributed by atoms with Gasteiger partial charge in [0.05, 0.1) is 5.56 Å². The third-order valence-corrected chi connectivity index (χ3v) is 4.90. The number of halogens is 3. The molecular formula is C16H22F3N5O. The maximum atomic E-state index is 12.6. The fourth-order valence-corrected chi connectivity index (χ4v) is 3.47. The highest BCUT2D eigenvalue weighted by Crippen LogP contribution is 2.29. The van der Waals surface area contributed by atoms with Gasteiger partial charge in [0, 0.05) is 50.5 Å². The quantitative estimate of drug-likeness (QED) is 0.871. The van der Waals surface area contributed by atoms with Gasteiger partial charge in [-0.2, -0.15) is 13.2 Å². The van der Waals surface area contributed by atoms with E-state index in [4.69, 9.17) is 5.73 Å². The van der Waals surface area contributed by atoms with E-state index in [0.717, 1.165) is 38.1 Å². The molecule has 2 fully saturated rings. The van der Waals surface area contributed by atoms with Crippen molar-refractivity contribution in [2.24, 2.45) is 11.7 Å². The molecule has 1 saturated heterocycles. The van der Waals surface area contributed by atoms with Gasteiger partial charge in [-0.05, 0) is 19.3 Å². The number of piperazine rings is 1. The predicted octanol–water partition coefficient (Wildman–Crippen LogP) is 1.66. The lowest BCUT2D eigenvalue weighted by atomic mass is 9.85. The Bertz CT molecular complexity index is 599. The topological polar surface area (TPSA) is 75.4 Å². The van der Waals surface area contributed by atoms with Crippen LogP contribution < -0.4 is 10.6 Å². The Balaban J connectivity index is 1.55. The van der Waals surface area contributed by atoms with Gasteiger partial charge in [0.15, 0.2) is 0 Å². The van der Waals surface area contributed by atoms with Gasteiger partial charge in [0.1, 0.15) is 0 Å². The summed E-state index contributed by atoms with van der Waals surface area (Å²) in [5, 5.41) is 0. The van der Waals surface area contributed by atoms with Gasteiger partial charge in [-0.3, -0.25) is 4.79 Å². The number of aromatic nitrogens is 2. The molecule has 2 atom stereocenters. The van der Waals surface area contributed by atoms with Crippen LogP contribution in [0.3, 0.4) is 0 Å². The summed E-state index contributed by atoms with van der Waals surface area (Å²) in [7, 11) is 0. The molecule has 3 rings (SSSR count). The minimum Gasteiger partial charge on any atom is -0.339 e. The van der Waals surface area contributed by atoms with Crippen molar-refractivity contribution in [3.63, 3.8) is 0 Å². The minimum absolute atomic E-state index is 0.00220. The van der Waals surface area contributed by atoms with Crippen molar-refractivity contribution in [1.29, 1.82) is 0 Å². The van der Waals surface area contributed by atoms with Crippen LogP contribution in [0.2, 0.25) is 0 Å². The summed E-state index contributed by atoms with van der Waals surface area (Å²) in [5.74, 6) is 0.403. The number of hydrogen-bond acceptors (Lipinski definition) is 5. The van der Waals surface area contributed by atoms with Crippen LogP contribution in [0.1, 0.15) is 31.2 Å². The van der Waals surface area contributed by atoms with Gasteiger partial charge in [0.25, 0.3) is 0 Å². The lowest BCUT2D eigenvalue weighted by Gasteiger charge is -2.37. The number of amides is 1. The van der Waals surface area contributed by atoms with Crippen molar-refractivity contribution in [1.82, 2.24) is 14.9 Å². The molecule has 1 aromatic heterocycles. The second kappa shape index (κ2) is 7.15. The third-order valence-electron chi connectivity index (χ3n) is 4.90. The first-order chi connectivity index (χ1) is 11.8. The predicted molar refractivity (Wildman–Crippen MR) is 85.8 cm³/mol. The van der Waals surface area contributed by atoms with Crippen LogP contribution >= 0.6 is 0 Å². The molecule has 25 heavy (non-hydrogen) atoms. The molecule has 0 unspecified atom stereocenters. The first-order valence-electron chi connectivity index (χ1n) is 8.53. The van der Waals surface area contributed by atoms with Crippen LogP contribution in [0.15, 0.2) is 12.4 Å². The zero-order valence-electron chi connectivity index (χ0n) is 13.9. The smallest absolute Gasteiger partial charge is 0.339 e. The summed E-state index contributed by atoms with van der Waals surface area (Å²) >= 11 is 0. The Morgan fingerprint density at radius 3 is 2.32 bits per heavy atom. The first kappa shape index (κ1) is 17.9. The Hall–Kier alpha value is -1.90. The molecule has 138 valence electrons. The zero-order chi connectivity index (χ0) is 18.0. The van der Waals surface area contributed by atoms with Crippen LogP contribution in [0.4, 0.5) is 19.1 Å². The Morgan fingerprint density at radius 1 is 1.12 bits per heavy atom. The monoisotopic (exact) mass is 357 g/mol. The van der Waals surface area contributed by atoms with E-state index in [9.17, 15) is 18.0 Å². The van der Waals surface area contributed by atoms with Crippen LogP contribution in [0.5, 0.6) is 0 Å².